The van der Waals surface area contributed by atoms with Crippen molar-refractivity contribution in [2.24, 2.45) is 5.92 Å². The topological polar surface area (TPSA) is 82.5 Å². The second-order valence-corrected chi connectivity index (χ2v) is 8.94. The van der Waals surface area contributed by atoms with Gasteiger partial charge < -0.3 is 20.4 Å². The zero-order chi connectivity index (χ0) is 27.1. The number of benzene rings is 1. The lowest BCUT2D eigenvalue weighted by Crippen LogP contribution is -2.40. The van der Waals surface area contributed by atoms with Crippen LogP contribution in [0.1, 0.15) is 27.3 Å². The molecule has 1 aromatic heterocycles. The lowest BCUT2D eigenvalue weighted by Gasteiger charge is -2.27. The molecule has 2 aliphatic heterocycles. The average molecular weight is 536 g/mol. The minimum atomic E-state index is -5.30. The first kappa shape index (κ1) is 26.7. The monoisotopic (exact) mass is 536 g/mol. The molecule has 0 fully saturated rings. The van der Waals surface area contributed by atoms with Crippen molar-refractivity contribution in [2.75, 3.05) is 38.5 Å². The standard InChI is InChI=1S/C22H23F7N6O2/c1-33-8-11(6-30-7-16(24)25)9-35-19(20(33)36)12-10-34(5-4-14(12)32-35)21(37)31-15-3-2-13(23)17(18(15)26)22(27,28)29/h2-3,11,16,30H,4-10H2,1H3,(H,31,37)/t11-/m1/s1. The summed E-state index contributed by atoms with van der Waals surface area (Å²) in [6.45, 7) is 0.237. The zero-order valence-corrected chi connectivity index (χ0v) is 19.5. The van der Waals surface area contributed by atoms with Crippen LogP contribution in [0.2, 0.25) is 0 Å². The van der Waals surface area contributed by atoms with E-state index >= 15 is 0 Å². The van der Waals surface area contributed by atoms with Crippen molar-refractivity contribution in [3.8, 4) is 0 Å². The van der Waals surface area contributed by atoms with Crippen LogP contribution in [0.4, 0.5) is 41.2 Å². The molecule has 3 heterocycles. The summed E-state index contributed by atoms with van der Waals surface area (Å²) in [6.07, 6.45) is -7.60. The number of urea groups is 1. The molecule has 0 unspecified atom stereocenters. The minimum Gasteiger partial charge on any atom is -0.340 e. The van der Waals surface area contributed by atoms with Crippen LogP contribution >= 0.6 is 0 Å². The molecule has 0 bridgehead atoms. The number of aromatic nitrogens is 2. The first-order valence-electron chi connectivity index (χ1n) is 11.3. The van der Waals surface area contributed by atoms with E-state index < -0.39 is 48.1 Å². The van der Waals surface area contributed by atoms with Crippen LogP contribution in [0.25, 0.3) is 0 Å². The number of hydrogen-bond acceptors (Lipinski definition) is 4. The molecule has 0 saturated heterocycles. The molecule has 37 heavy (non-hydrogen) atoms. The third kappa shape index (κ3) is 5.50. The number of hydrogen-bond donors (Lipinski definition) is 2. The normalized spacial score (nSPS) is 18.1. The van der Waals surface area contributed by atoms with Crippen LogP contribution in [-0.4, -0.2) is 71.2 Å². The van der Waals surface area contributed by atoms with Crippen LogP contribution in [0.3, 0.4) is 0 Å². The average Bonchev–Trinajstić information content (AvgIpc) is 3.10. The number of carbonyl (C=O) groups excluding carboxylic acids is 2. The fraction of sp³-hybridized carbons (Fsp3) is 0.500. The molecule has 0 spiro atoms. The molecule has 15 heteroatoms. The van der Waals surface area contributed by atoms with Crippen molar-refractivity contribution >= 4 is 17.6 Å². The predicted molar refractivity (Wildman–Crippen MR) is 116 cm³/mol. The summed E-state index contributed by atoms with van der Waals surface area (Å²) in [5.41, 5.74) is -1.74. The fourth-order valence-electron chi connectivity index (χ4n) is 4.55. The smallest absolute Gasteiger partial charge is 0.340 e. The highest BCUT2D eigenvalue weighted by molar-refractivity contribution is 5.95. The molecule has 0 aliphatic carbocycles. The van der Waals surface area contributed by atoms with E-state index in [0.29, 0.717) is 23.4 Å². The Balaban J connectivity index is 1.53. The molecule has 0 saturated carbocycles. The van der Waals surface area contributed by atoms with E-state index in [1.54, 1.807) is 7.05 Å². The van der Waals surface area contributed by atoms with Crippen molar-refractivity contribution in [1.29, 1.82) is 0 Å². The Bertz CT molecular complexity index is 1200. The first-order chi connectivity index (χ1) is 17.4. The van der Waals surface area contributed by atoms with Crippen LogP contribution in [0.5, 0.6) is 0 Å². The van der Waals surface area contributed by atoms with E-state index in [0.717, 1.165) is 0 Å². The Morgan fingerprint density at radius 1 is 1.22 bits per heavy atom. The number of nitrogens with zero attached hydrogens (tertiary/aromatic N) is 4. The van der Waals surface area contributed by atoms with Gasteiger partial charge in [0.15, 0.2) is 5.82 Å². The van der Waals surface area contributed by atoms with Gasteiger partial charge in [0.05, 0.1) is 24.5 Å². The van der Waals surface area contributed by atoms with Gasteiger partial charge in [-0.2, -0.15) is 18.3 Å². The van der Waals surface area contributed by atoms with E-state index in [1.807, 2.05) is 5.32 Å². The van der Waals surface area contributed by atoms with E-state index in [-0.39, 0.29) is 56.7 Å². The van der Waals surface area contributed by atoms with Gasteiger partial charge >= 0.3 is 12.2 Å². The van der Waals surface area contributed by atoms with Crippen molar-refractivity contribution in [3.63, 3.8) is 0 Å². The Morgan fingerprint density at radius 2 is 1.95 bits per heavy atom. The third-order valence-corrected chi connectivity index (χ3v) is 6.25. The molecule has 2 aromatic rings. The lowest BCUT2D eigenvalue weighted by atomic mass is 10.0. The SMILES string of the molecule is CN1C[C@@H](CNCC(F)F)Cn2nc3c(c2C1=O)CN(C(=O)Nc1ccc(F)c(C(F)(F)F)c1F)CC3. The quantitative estimate of drug-likeness (QED) is 0.575. The van der Waals surface area contributed by atoms with E-state index in [9.17, 15) is 40.3 Å². The summed E-state index contributed by atoms with van der Waals surface area (Å²) >= 11 is 0. The molecular formula is C22H23F7N6O2. The van der Waals surface area contributed by atoms with Crippen molar-refractivity contribution in [2.45, 2.75) is 32.1 Å². The molecule has 1 aromatic carbocycles. The van der Waals surface area contributed by atoms with Crippen LogP contribution in [0.15, 0.2) is 12.1 Å². The summed E-state index contributed by atoms with van der Waals surface area (Å²) in [4.78, 5) is 28.5. The third-order valence-electron chi connectivity index (χ3n) is 6.25. The highest BCUT2D eigenvalue weighted by atomic mass is 19.4. The van der Waals surface area contributed by atoms with Crippen LogP contribution in [-0.2, 0) is 25.7 Å². The fourth-order valence-corrected chi connectivity index (χ4v) is 4.55. The van der Waals surface area contributed by atoms with Gasteiger partial charge in [0, 0.05) is 51.1 Å². The van der Waals surface area contributed by atoms with Gasteiger partial charge in [0.2, 0.25) is 0 Å². The lowest BCUT2D eigenvalue weighted by molar-refractivity contribution is -0.142. The summed E-state index contributed by atoms with van der Waals surface area (Å²) in [5.74, 6) is -4.34. The number of nitrogens with one attached hydrogen (secondary N) is 2. The number of rotatable bonds is 5. The molecular weight excluding hydrogens is 513 g/mol. The van der Waals surface area contributed by atoms with Crippen molar-refractivity contribution < 1.29 is 40.3 Å². The predicted octanol–water partition coefficient (Wildman–Crippen LogP) is 3.33. The summed E-state index contributed by atoms with van der Waals surface area (Å²) in [6, 6.07) is 0.168. The summed E-state index contributed by atoms with van der Waals surface area (Å²) < 4.78 is 93.5. The number of anilines is 1. The van der Waals surface area contributed by atoms with Crippen molar-refractivity contribution in [3.05, 3.63) is 46.3 Å². The Hall–Kier alpha value is -3.36. The number of fused-ring (bicyclic) bond motifs is 3. The zero-order valence-electron chi connectivity index (χ0n) is 19.5. The highest BCUT2D eigenvalue weighted by Gasteiger charge is 2.39. The van der Waals surface area contributed by atoms with E-state index in [4.69, 9.17) is 0 Å². The van der Waals surface area contributed by atoms with Crippen molar-refractivity contribution in [1.82, 2.24) is 24.9 Å². The molecule has 4 rings (SSSR count). The summed E-state index contributed by atoms with van der Waals surface area (Å²) in [5, 5.41) is 9.19. The van der Waals surface area contributed by atoms with Gasteiger partial charge in [-0.25, -0.2) is 22.4 Å². The van der Waals surface area contributed by atoms with E-state index in [1.165, 1.54) is 14.5 Å². The second-order valence-electron chi connectivity index (χ2n) is 8.94. The van der Waals surface area contributed by atoms with Crippen LogP contribution < -0.4 is 10.6 Å². The minimum absolute atomic E-state index is 0.0770. The highest BCUT2D eigenvalue weighted by Crippen LogP contribution is 2.36. The molecule has 2 aliphatic rings. The summed E-state index contributed by atoms with van der Waals surface area (Å²) in [7, 11) is 1.56. The van der Waals surface area contributed by atoms with Crippen LogP contribution in [0, 0.1) is 17.6 Å². The first-order valence-corrected chi connectivity index (χ1v) is 11.3. The van der Waals surface area contributed by atoms with Gasteiger partial charge in [0.1, 0.15) is 17.1 Å². The molecule has 8 nitrogen and oxygen atoms in total. The largest absolute Gasteiger partial charge is 0.422 e. The second kappa shape index (κ2) is 10.2. The van der Waals surface area contributed by atoms with E-state index in [2.05, 4.69) is 10.4 Å². The molecule has 0 radical (unpaired) electrons. The maximum absolute atomic E-state index is 14.4. The Morgan fingerprint density at radius 3 is 2.62 bits per heavy atom. The number of halogens is 7. The van der Waals surface area contributed by atoms with Gasteiger partial charge in [-0.05, 0) is 12.1 Å². The molecule has 2 N–H and O–H groups in total. The number of alkyl halides is 5. The Labute approximate surface area is 206 Å². The number of carbonyl (C=O) groups is 2. The number of amides is 3. The maximum atomic E-state index is 14.4. The maximum Gasteiger partial charge on any atom is 0.422 e. The molecule has 3 amide bonds. The van der Waals surface area contributed by atoms with Gasteiger partial charge in [-0.3, -0.25) is 9.48 Å². The molecule has 1 atom stereocenters. The van der Waals surface area contributed by atoms with Gasteiger partial charge in [-0.15, -0.1) is 0 Å². The van der Waals surface area contributed by atoms with Gasteiger partial charge in [0.25, 0.3) is 12.3 Å². The Kier molecular flexibility index (Phi) is 7.35. The van der Waals surface area contributed by atoms with Gasteiger partial charge in [-0.1, -0.05) is 0 Å². The molecule has 202 valence electrons.